The lowest BCUT2D eigenvalue weighted by Crippen LogP contribution is -2.26. The minimum Gasteiger partial charge on any atom is -0.505 e. The van der Waals surface area contributed by atoms with Crippen molar-refractivity contribution < 1.29 is 9.90 Å². The number of nitrogens with one attached hydrogen (secondary N) is 1. The van der Waals surface area contributed by atoms with Gasteiger partial charge in [0.25, 0.3) is 0 Å². The quantitative estimate of drug-likeness (QED) is 0.780. The molecule has 1 atom stereocenters. The van der Waals surface area contributed by atoms with Gasteiger partial charge in [-0.3, -0.25) is 9.78 Å². The van der Waals surface area contributed by atoms with E-state index in [0.29, 0.717) is 11.1 Å². The Morgan fingerprint density at radius 1 is 1.29 bits per heavy atom. The monoisotopic (exact) mass is 298 g/mol. The van der Waals surface area contributed by atoms with Gasteiger partial charge >= 0.3 is 0 Å². The topological polar surface area (TPSA) is 62.2 Å². The van der Waals surface area contributed by atoms with Gasteiger partial charge in [-0.05, 0) is 17.5 Å². The second-order valence-corrected chi connectivity index (χ2v) is 5.71. The van der Waals surface area contributed by atoms with E-state index in [0.717, 1.165) is 10.3 Å². The molecule has 106 valence electrons. The highest BCUT2D eigenvalue weighted by Gasteiger charge is 2.21. The first-order valence-corrected chi connectivity index (χ1v) is 7.42. The number of fused-ring (bicyclic) bond motifs is 1. The minimum atomic E-state index is -0.367. The fourth-order valence-corrected chi connectivity index (χ4v) is 3.13. The summed E-state index contributed by atoms with van der Waals surface area (Å²) in [5, 5.41) is 16.2. The molecule has 4 nitrogen and oxygen atoms in total. The van der Waals surface area contributed by atoms with Gasteiger partial charge in [-0.1, -0.05) is 24.3 Å². The van der Waals surface area contributed by atoms with Gasteiger partial charge in [0.2, 0.25) is 5.91 Å². The molecule has 2 aromatic heterocycles. The summed E-state index contributed by atoms with van der Waals surface area (Å²) in [5.41, 5.74) is 1.20. The summed E-state index contributed by atoms with van der Waals surface area (Å²) >= 11 is 1.54. The Kier molecular flexibility index (Phi) is 3.58. The lowest BCUT2D eigenvalue weighted by Gasteiger charge is -2.19. The SMILES string of the molecule is CC(=O)NC(c1cccs1)c1ccc2cccnc2c1O. The summed E-state index contributed by atoms with van der Waals surface area (Å²) in [5.74, 6) is -0.0332. The molecule has 0 saturated heterocycles. The molecule has 0 aliphatic heterocycles. The fourth-order valence-electron chi connectivity index (χ4n) is 2.34. The Bertz CT molecular complexity index is 784. The summed E-state index contributed by atoms with van der Waals surface area (Å²) in [6.07, 6.45) is 1.64. The molecule has 3 rings (SSSR count). The zero-order valence-corrected chi connectivity index (χ0v) is 12.2. The number of nitrogens with zero attached hydrogens (tertiary/aromatic N) is 1. The number of thiophene rings is 1. The van der Waals surface area contributed by atoms with Gasteiger partial charge in [0.1, 0.15) is 11.3 Å². The molecule has 5 heteroatoms. The smallest absolute Gasteiger partial charge is 0.217 e. The summed E-state index contributed by atoms with van der Waals surface area (Å²) in [4.78, 5) is 16.7. The average Bonchev–Trinajstić information content (AvgIpc) is 3.00. The van der Waals surface area contributed by atoms with Crippen LogP contribution in [0.4, 0.5) is 0 Å². The maximum absolute atomic E-state index is 11.5. The molecule has 0 spiro atoms. The molecule has 1 amide bonds. The van der Waals surface area contributed by atoms with Crippen molar-refractivity contribution in [2.45, 2.75) is 13.0 Å². The maximum Gasteiger partial charge on any atom is 0.217 e. The van der Waals surface area contributed by atoms with Gasteiger partial charge in [-0.25, -0.2) is 0 Å². The molecule has 3 aromatic rings. The zero-order chi connectivity index (χ0) is 14.8. The Labute approximate surface area is 126 Å². The largest absolute Gasteiger partial charge is 0.505 e. The van der Waals surface area contributed by atoms with Crippen molar-refractivity contribution in [3.05, 3.63) is 58.4 Å². The highest BCUT2D eigenvalue weighted by molar-refractivity contribution is 7.10. The summed E-state index contributed by atoms with van der Waals surface area (Å²) in [6, 6.07) is 10.9. The average molecular weight is 298 g/mol. The van der Waals surface area contributed by atoms with E-state index in [1.807, 2.05) is 41.8 Å². The molecule has 0 saturated carbocycles. The number of hydrogen-bond acceptors (Lipinski definition) is 4. The van der Waals surface area contributed by atoms with E-state index < -0.39 is 0 Å². The maximum atomic E-state index is 11.5. The molecule has 2 heterocycles. The molecule has 0 bridgehead atoms. The zero-order valence-electron chi connectivity index (χ0n) is 11.4. The van der Waals surface area contributed by atoms with E-state index in [9.17, 15) is 9.90 Å². The van der Waals surface area contributed by atoms with Crippen molar-refractivity contribution in [1.82, 2.24) is 10.3 Å². The molecule has 0 aliphatic carbocycles. The van der Waals surface area contributed by atoms with Crippen molar-refractivity contribution in [1.29, 1.82) is 0 Å². The van der Waals surface area contributed by atoms with Crippen molar-refractivity contribution in [3.63, 3.8) is 0 Å². The molecule has 0 radical (unpaired) electrons. The third-order valence-electron chi connectivity index (χ3n) is 3.27. The Balaban J connectivity index is 2.15. The summed E-state index contributed by atoms with van der Waals surface area (Å²) < 4.78 is 0. The highest BCUT2D eigenvalue weighted by Crippen LogP contribution is 2.35. The Morgan fingerprint density at radius 2 is 2.14 bits per heavy atom. The predicted molar refractivity (Wildman–Crippen MR) is 83.4 cm³/mol. The van der Waals surface area contributed by atoms with Crippen LogP contribution in [0.1, 0.15) is 23.4 Å². The van der Waals surface area contributed by atoms with Gasteiger partial charge < -0.3 is 10.4 Å². The van der Waals surface area contributed by atoms with Crippen LogP contribution in [0.3, 0.4) is 0 Å². The van der Waals surface area contributed by atoms with Crippen molar-refractivity contribution in [2.75, 3.05) is 0 Å². The van der Waals surface area contributed by atoms with Crippen LogP contribution >= 0.6 is 11.3 Å². The second kappa shape index (κ2) is 5.54. The number of benzene rings is 1. The fraction of sp³-hybridized carbons (Fsp3) is 0.125. The van der Waals surface area contributed by atoms with Crippen molar-refractivity contribution >= 4 is 28.1 Å². The van der Waals surface area contributed by atoms with Crippen LogP contribution in [0, 0.1) is 0 Å². The molecular formula is C16H14N2O2S. The Morgan fingerprint density at radius 3 is 2.86 bits per heavy atom. The highest BCUT2D eigenvalue weighted by atomic mass is 32.1. The predicted octanol–water partition coefficient (Wildman–Crippen LogP) is 3.23. The van der Waals surface area contributed by atoms with Crippen LogP contribution in [-0.2, 0) is 4.79 Å². The number of phenols is 1. The first-order valence-electron chi connectivity index (χ1n) is 6.54. The first-order chi connectivity index (χ1) is 10.2. The number of hydrogen-bond donors (Lipinski definition) is 2. The third-order valence-corrected chi connectivity index (χ3v) is 4.20. The summed E-state index contributed by atoms with van der Waals surface area (Å²) in [7, 11) is 0. The lowest BCUT2D eigenvalue weighted by molar-refractivity contribution is -0.119. The van der Waals surface area contributed by atoms with E-state index >= 15 is 0 Å². The molecule has 0 aliphatic rings. The van der Waals surface area contributed by atoms with E-state index in [4.69, 9.17) is 0 Å². The number of aromatic nitrogens is 1. The number of amides is 1. The molecule has 0 fully saturated rings. The standard InChI is InChI=1S/C16H14N2O2S/c1-10(19)18-15(13-5-3-9-21-13)12-7-6-11-4-2-8-17-14(11)16(12)20/h2-9,15,20H,1H3,(H,18,19). The number of pyridine rings is 1. The van der Waals surface area contributed by atoms with Gasteiger partial charge in [-0.2, -0.15) is 0 Å². The molecular weight excluding hydrogens is 284 g/mol. The second-order valence-electron chi connectivity index (χ2n) is 4.73. The van der Waals surface area contributed by atoms with Gasteiger partial charge in [0.15, 0.2) is 0 Å². The number of phenolic OH excluding ortho intramolecular Hbond substituents is 1. The minimum absolute atomic E-state index is 0.111. The van der Waals surface area contributed by atoms with E-state index in [-0.39, 0.29) is 17.7 Å². The van der Waals surface area contributed by atoms with Crippen molar-refractivity contribution in [3.8, 4) is 5.75 Å². The van der Waals surface area contributed by atoms with Crippen LogP contribution < -0.4 is 5.32 Å². The van der Waals surface area contributed by atoms with Crippen LogP contribution in [0.5, 0.6) is 5.75 Å². The molecule has 1 aromatic carbocycles. The molecule has 1 unspecified atom stereocenters. The normalized spacial score (nSPS) is 12.2. The van der Waals surface area contributed by atoms with E-state index in [1.165, 1.54) is 18.3 Å². The molecule has 2 N–H and O–H groups in total. The van der Waals surface area contributed by atoms with Crippen molar-refractivity contribution in [2.24, 2.45) is 0 Å². The van der Waals surface area contributed by atoms with Crippen LogP contribution in [0.25, 0.3) is 10.9 Å². The van der Waals surface area contributed by atoms with Crippen LogP contribution in [0.15, 0.2) is 48.0 Å². The number of carbonyl (C=O) groups is 1. The number of aromatic hydroxyl groups is 1. The van der Waals surface area contributed by atoms with E-state index in [2.05, 4.69) is 10.3 Å². The number of rotatable bonds is 3. The van der Waals surface area contributed by atoms with Crippen LogP contribution in [0.2, 0.25) is 0 Å². The Hall–Kier alpha value is -2.40. The lowest BCUT2D eigenvalue weighted by atomic mass is 10.0. The molecule has 21 heavy (non-hydrogen) atoms. The summed E-state index contributed by atoms with van der Waals surface area (Å²) in [6.45, 7) is 1.47. The van der Waals surface area contributed by atoms with Gasteiger partial charge in [0.05, 0.1) is 6.04 Å². The third kappa shape index (κ3) is 2.60. The number of carbonyl (C=O) groups excluding carboxylic acids is 1. The first kappa shape index (κ1) is 13.6. The van der Waals surface area contributed by atoms with E-state index in [1.54, 1.807) is 6.20 Å². The van der Waals surface area contributed by atoms with Gasteiger partial charge in [-0.15, -0.1) is 11.3 Å². The van der Waals surface area contributed by atoms with Crippen LogP contribution in [-0.4, -0.2) is 16.0 Å². The van der Waals surface area contributed by atoms with Gasteiger partial charge in [0, 0.05) is 28.9 Å².